The molecule has 3 rings (SSSR count). The van der Waals surface area contributed by atoms with Gasteiger partial charge in [-0.15, -0.1) is 5.10 Å². The second-order valence-electron chi connectivity index (χ2n) is 5.48. The van der Waals surface area contributed by atoms with Crippen LogP contribution in [0.15, 0.2) is 47.8 Å². The molecule has 2 heterocycles. The molecule has 2 N–H and O–H groups in total. The second kappa shape index (κ2) is 8.79. The van der Waals surface area contributed by atoms with Crippen LogP contribution in [0.3, 0.4) is 0 Å². The third-order valence-corrected chi connectivity index (χ3v) is 4.72. The Hall–Kier alpha value is -2.71. The summed E-state index contributed by atoms with van der Waals surface area (Å²) in [6, 6.07) is 9.46. The number of aromatic nitrogens is 4. The van der Waals surface area contributed by atoms with Crippen molar-refractivity contribution in [1.82, 2.24) is 20.2 Å². The Bertz CT molecular complexity index is 960. The van der Waals surface area contributed by atoms with Gasteiger partial charge in [0.25, 0.3) is 0 Å². The number of rotatable bonds is 6. The van der Waals surface area contributed by atoms with Crippen molar-refractivity contribution >= 4 is 47.1 Å². The zero-order valence-electron chi connectivity index (χ0n) is 14.2. The minimum atomic E-state index is -0.439. The molecular formula is C18H15ClFN5OS. The number of hydrogen-bond donors (Lipinski definition) is 2. The first-order chi connectivity index (χ1) is 13.0. The third-order valence-electron chi connectivity index (χ3n) is 3.45. The molecule has 1 atom stereocenters. The quantitative estimate of drug-likeness (QED) is 0.474. The van der Waals surface area contributed by atoms with Gasteiger partial charge >= 0.3 is 0 Å². The summed E-state index contributed by atoms with van der Waals surface area (Å²) in [7, 11) is 0. The van der Waals surface area contributed by atoms with Gasteiger partial charge in [0, 0.05) is 6.20 Å². The van der Waals surface area contributed by atoms with E-state index in [2.05, 4.69) is 25.5 Å². The summed E-state index contributed by atoms with van der Waals surface area (Å²) in [4.78, 5) is 20.5. The van der Waals surface area contributed by atoms with E-state index in [1.165, 1.54) is 23.9 Å². The maximum atomic E-state index is 12.9. The van der Waals surface area contributed by atoms with E-state index >= 15 is 0 Å². The number of hydrogen-bond acceptors (Lipinski definition) is 5. The molecule has 6 nitrogen and oxygen atoms in total. The molecule has 0 saturated heterocycles. The largest absolute Gasteiger partial charge is 0.322 e. The normalized spacial score (nSPS) is 12.3. The SMILES string of the molecule is CC(Sc1n[nH]c(C=Cc2ccc(F)cc2)n1)C(=O)Nc1cccnc1Cl. The lowest BCUT2D eigenvalue weighted by Crippen LogP contribution is -2.22. The van der Waals surface area contributed by atoms with Crippen LogP contribution in [0, 0.1) is 5.82 Å². The molecule has 1 amide bonds. The summed E-state index contributed by atoms with van der Waals surface area (Å²) in [5, 5.41) is 9.83. The van der Waals surface area contributed by atoms with Gasteiger partial charge in [0.2, 0.25) is 11.1 Å². The molecule has 2 aromatic heterocycles. The van der Waals surface area contributed by atoms with Crippen molar-refractivity contribution in [3.8, 4) is 0 Å². The lowest BCUT2D eigenvalue weighted by Gasteiger charge is -2.10. The van der Waals surface area contributed by atoms with Gasteiger partial charge in [-0.3, -0.25) is 9.89 Å². The van der Waals surface area contributed by atoms with Crippen molar-refractivity contribution in [2.45, 2.75) is 17.3 Å². The topological polar surface area (TPSA) is 83.6 Å². The van der Waals surface area contributed by atoms with Gasteiger partial charge in [-0.1, -0.05) is 41.6 Å². The number of aromatic amines is 1. The van der Waals surface area contributed by atoms with Crippen molar-refractivity contribution in [3.63, 3.8) is 0 Å². The summed E-state index contributed by atoms with van der Waals surface area (Å²) in [5.41, 5.74) is 1.29. The molecule has 0 aliphatic heterocycles. The van der Waals surface area contributed by atoms with Crippen LogP contribution < -0.4 is 5.32 Å². The van der Waals surface area contributed by atoms with Gasteiger partial charge < -0.3 is 5.32 Å². The average Bonchev–Trinajstić information content (AvgIpc) is 3.10. The highest BCUT2D eigenvalue weighted by molar-refractivity contribution is 8.00. The second-order valence-corrected chi connectivity index (χ2v) is 7.15. The molecule has 0 bridgehead atoms. The van der Waals surface area contributed by atoms with E-state index in [4.69, 9.17) is 11.6 Å². The molecule has 0 aliphatic rings. The summed E-state index contributed by atoms with van der Waals surface area (Å²) in [5.74, 6) is 0.0122. The Morgan fingerprint density at radius 2 is 2.07 bits per heavy atom. The Balaban J connectivity index is 1.58. The highest BCUT2D eigenvalue weighted by Gasteiger charge is 2.18. The standard InChI is InChI=1S/C18H15ClFN5OS/c1-11(17(26)22-14-3-2-10-21-16(14)19)27-18-23-15(24-25-18)9-6-12-4-7-13(20)8-5-12/h2-11H,1H3,(H,22,26)(H,23,24,25). The van der Waals surface area contributed by atoms with Crippen LogP contribution in [0.1, 0.15) is 18.3 Å². The average molecular weight is 404 g/mol. The van der Waals surface area contributed by atoms with Crippen molar-refractivity contribution < 1.29 is 9.18 Å². The van der Waals surface area contributed by atoms with E-state index < -0.39 is 5.25 Å². The lowest BCUT2D eigenvalue weighted by molar-refractivity contribution is -0.115. The summed E-state index contributed by atoms with van der Waals surface area (Å²) >= 11 is 7.15. The first kappa shape index (κ1) is 19.1. The number of amides is 1. The molecule has 9 heteroatoms. The maximum Gasteiger partial charge on any atom is 0.237 e. The third kappa shape index (κ3) is 5.38. The first-order valence-corrected chi connectivity index (χ1v) is 9.21. The number of nitrogens with one attached hydrogen (secondary N) is 2. The summed E-state index contributed by atoms with van der Waals surface area (Å²) in [6.07, 6.45) is 5.06. The number of H-pyrrole nitrogens is 1. The Kier molecular flexibility index (Phi) is 6.20. The number of pyridine rings is 1. The Labute approximate surface area is 164 Å². The van der Waals surface area contributed by atoms with Gasteiger partial charge in [-0.25, -0.2) is 14.4 Å². The van der Waals surface area contributed by atoms with Crippen LogP contribution in [-0.4, -0.2) is 31.3 Å². The molecule has 0 aliphatic carbocycles. The van der Waals surface area contributed by atoms with Gasteiger partial charge in [0.05, 0.1) is 10.9 Å². The van der Waals surface area contributed by atoms with Crippen LogP contribution >= 0.6 is 23.4 Å². The smallest absolute Gasteiger partial charge is 0.237 e. The molecule has 1 aromatic carbocycles. The van der Waals surface area contributed by atoms with E-state index in [9.17, 15) is 9.18 Å². The monoisotopic (exact) mass is 403 g/mol. The molecule has 27 heavy (non-hydrogen) atoms. The fourth-order valence-corrected chi connectivity index (χ4v) is 2.96. The number of anilines is 1. The highest BCUT2D eigenvalue weighted by atomic mass is 35.5. The number of halogens is 2. The first-order valence-electron chi connectivity index (χ1n) is 7.95. The predicted octanol–water partition coefficient (Wildman–Crippen LogP) is 4.28. The Morgan fingerprint density at radius 1 is 1.30 bits per heavy atom. The van der Waals surface area contributed by atoms with Gasteiger partial charge in [0.1, 0.15) is 11.6 Å². The zero-order valence-corrected chi connectivity index (χ0v) is 15.8. The number of benzene rings is 1. The van der Waals surface area contributed by atoms with Crippen LogP contribution in [0.25, 0.3) is 12.2 Å². The molecule has 1 unspecified atom stereocenters. The molecule has 0 radical (unpaired) electrons. The van der Waals surface area contributed by atoms with E-state index in [-0.39, 0.29) is 16.9 Å². The highest BCUT2D eigenvalue weighted by Crippen LogP contribution is 2.23. The van der Waals surface area contributed by atoms with Crippen molar-refractivity contribution in [2.24, 2.45) is 0 Å². The van der Waals surface area contributed by atoms with E-state index in [0.717, 1.165) is 5.56 Å². The molecule has 0 fully saturated rings. The summed E-state index contributed by atoms with van der Waals surface area (Å²) in [6.45, 7) is 1.74. The number of nitrogens with zero attached hydrogens (tertiary/aromatic N) is 3. The molecule has 0 saturated carbocycles. The fraction of sp³-hybridized carbons (Fsp3) is 0.111. The van der Waals surface area contributed by atoms with Crippen molar-refractivity contribution in [2.75, 3.05) is 5.32 Å². The van der Waals surface area contributed by atoms with E-state index in [1.807, 2.05) is 0 Å². The minimum absolute atomic E-state index is 0.231. The molecule has 0 spiro atoms. The van der Waals surface area contributed by atoms with E-state index in [0.29, 0.717) is 16.7 Å². The molecule has 3 aromatic rings. The van der Waals surface area contributed by atoms with Crippen LogP contribution in [-0.2, 0) is 4.79 Å². The van der Waals surface area contributed by atoms with Crippen LogP contribution in [0.4, 0.5) is 10.1 Å². The predicted molar refractivity (Wildman–Crippen MR) is 105 cm³/mol. The maximum absolute atomic E-state index is 12.9. The Morgan fingerprint density at radius 3 is 2.81 bits per heavy atom. The minimum Gasteiger partial charge on any atom is -0.322 e. The lowest BCUT2D eigenvalue weighted by atomic mass is 10.2. The summed E-state index contributed by atoms with van der Waals surface area (Å²) < 4.78 is 12.9. The number of thioether (sulfide) groups is 1. The van der Waals surface area contributed by atoms with Gasteiger partial charge in [-0.2, -0.15) is 0 Å². The molecular weight excluding hydrogens is 389 g/mol. The van der Waals surface area contributed by atoms with Gasteiger partial charge in [0.15, 0.2) is 5.15 Å². The zero-order chi connectivity index (χ0) is 19.2. The number of carbonyl (C=O) groups excluding carboxylic acids is 1. The number of carbonyl (C=O) groups is 1. The van der Waals surface area contributed by atoms with Crippen LogP contribution in [0.2, 0.25) is 5.15 Å². The fourth-order valence-electron chi connectivity index (χ4n) is 2.06. The van der Waals surface area contributed by atoms with Gasteiger partial charge in [-0.05, 0) is 42.8 Å². The van der Waals surface area contributed by atoms with Crippen molar-refractivity contribution in [1.29, 1.82) is 0 Å². The van der Waals surface area contributed by atoms with Crippen LogP contribution in [0.5, 0.6) is 0 Å². The molecule has 138 valence electrons. The van der Waals surface area contributed by atoms with E-state index in [1.54, 1.807) is 49.5 Å². The van der Waals surface area contributed by atoms with Crippen molar-refractivity contribution in [3.05, 3.63) is 65.0 Å².